The van der Waals surface area contributed by atoms with Crippen LogP contribution in [0.1, 0.15) is 36.9 Å². The lowest BCUT2D eigenvalue weighted by atomic mass is 9.94. The predicted octanol–water partition coefficient (Wildman–Crippen LogP) is 3.81. The average molecular weight is 476 g/mol. The maximum Gasteiger partial charge on any atom is 0.325 e. The molecule has 0 radical (unpaired) electrons. The Hall–Kier alpha value is -3.13. The fourth-order valence-corrected chi connectivity index (χ4v) is 4.03. The molecule has 0 aromatic heterocycles. The second-order valence-corrected chi connectivity index (χ2v) is 8.40. The van der Waals surface area contributed by atoms with Gasteiger partial charge in [0.1, 0.15) is 12.3 Å². The van der Waals surface area contributed by atoms with Crippen LogP contribution in [0.25, 0.3) is 0 Å². The van der Waals surface area contributed by atoms with Crippen molar-refractivity contribution in [3.63, 3.8) is 0 Å². The van der Waals surface area contributed by atoms with E-state index in [9.17, 15) is 14.4 Å². The van der Waals surface area contributed by atoms with E-state index < -0.39 is 43.0 Å². The van der Waals surface area contributed by atoms with Crippen molar-refractivity contribution in [3.8, 4) is 5.75 Å². The van der Waals surface area contributed by atoms with Crippen molar-refractivity contribution in [2.45, 2.75) is 37.9 Å². The van der Waals surface area contributed by atoms with Crippen LogP contribution in [-0.4, -0.2) is 48.6 Å². The summed E-state index contributed by atoms with van der Waals surface area (Å²) in [5.41, 5.74) is -1.35. The van der Waals surface area contributed by atoms with Crippen molar-refractivity contribution in [1.82, 2.24) is 15.5 Å². The first-order valence-corrected chi connectivity index (χ1v) is 11.1. The Bertz CT molecular complexity index is 1020. The van der Waals surface area contributed by atoms with Crippen LogP contribution < -0.4 is 15.4 Å². The van der Waals surface area contributed by atoms with Crippen LogP contribution in [0, 0.1) is 0 Å². The molecule has 1 unspecified atom stereocenters. The van der Waals surface area contributed by atoms with Crippen LogP contribution in [0.4, 0.5) is 9.18 Å². The van der Waals surface area contributed by atoms with E-state index in [0.29, 0.717) is 27.7 Å². The molecular formula is C24H27ClFN3O4. The largest absolute Gasteiger partial charge is 0.496 e. The molecule has 3 rings (SSSR count). The van der Waals surface area contributed by atoms with Crippen LogP contribution >= 0.6 is 11.6 Å². The quantitative estimate of drug-likeness (QED) is 0.637. The Balaban J connectivity index is 1.87. The number of rotatable bonds is 7. The molecule has 1 aliphatic rings. The number of imide groups is 1. The topological polar surface area (TPSA) is 87.7 Å². The van der Waals surface area contributed by atoms with E-state index >= 15 is 4.39 Å². The highest BCUT2D eigenvalue weighted by Crippen LogP contribution is 2.30. The number of nitrogens with zero attached hydrogens (tertiary/aromatic N) is 1. The van der Waals surface area contributed by atoms with Gasteiger partial charge in [0.15, 0.2) is 0 Å². The first kappa shape index (κ1) is 24.5. The molecule has 0 spiro atoms. The molecule has 2 atom stereocenters. The molecule has 0 aliphatic carbocycles. The second-order valence-electron chi connectivity index (χ2n) is 7.97. The van der Waals surface area contributed by atoms with Crippen LogP contribution in [0.2, 0.25) is 5.02 Å². The van der Waals surface area contributed by atoms with Gasteiger partial charge in [0.05, 0.1) is 19.7 Å². The molecule has 7 nitrogen and oxygen atoms in total. The summed E-state index contributed by atoms with van der Waals surface area (Å²) in [6.45, 7) is 0.829. The molecular weight excluding hydrogens is 449 g/mol. The zero-order chi connectivity index (χ0) is 24.0. The van der Waals surface area contributed by atoms with E-state index in [4.69, 9.17) is 16.3 Å². The molecule has 2 aromatic carbocycles. The van der Waals surface area contributed by atoms with Crippen molar-refractivity contribution in [2.75, 3.05) is 20.2 Å². The number of nitrogens with one attached hydrogen (secondary N) is 2. The summed E-state index contributed by atoms with van der Waals surface area (Å²) in [5, 5.41) is 5.54. The van der Waals surface area contributed by atoms with Gasteiger partial charge in [-0.25, -0.2) is 9.18 Å². The summed E-state index contributed by atoms with van der Waals surface area (Å²) in [5.74, 6) is -1.37. The summed E-state index contributed by atoms with van der Waals surface area (Å²) in [7, 11) is 1.42. The lowest BCUT2D eigenvalue weighted by molar-refractivity contribution is -0.140. The van der Waals surface area contributed by atoms with Gasteiger partial charge in [-0.05, 0) is 35.7 Å². The van der Waals surface area contributed by atoms with Gasteiger partial charge in [0.25, 0.3) is 5.91 Å². The molecule has 0 bridgehead atoms. The van der Waals surface area contributed by atoms with Crippen molar-refractivity contribution >= 4 is 29.4 Å². The van der Waals surface area contributed by atoms with Gasteiger partial charge in [-0.1, -0.05) is 55.3 Å². The van der Waals surface area contributed by atoms with E-state index in [1.807, 2.05) is 37.3 Å². The fraction of sp³-hybridized carbons (Fsp3) is 0.375. The third-order valence-electron chi connectivity index (χ3n) is 5.53. The van der Waals surface area contributed by atoms with Crippen molar-refractivity contribution in [2.24, 2.45) is 0 Å². The third kappa shape index (κ3) is 5.82. The summed E-state index contributed by atoms with van der Waals surface area (Å²) >= 11 is 6.05. The highest BCUT2D eigenvalue weighted by Gasteiger charge is 2.47. The summed E-state index contributed by atoms with van der Waals surface area (Å²) in [4.78, 5) is 39.2. The Labute approximate surface area is 197 Å². The van der Waals surface area contributed by atoms with E-state index in [0.717, 1.165) is 12.0 Å². The number of amides is 4. The number of ether oxygens (including phenoxy) is 1. The van der Waals surface area contributed by atoms with E-state index in [-0.39, 0.29) is 6.04 Å². The zero-order valence-corrected chi connectivity index (χ0v) is 19.3. The molecule has 1 aliphatic heterocycles. The Morgan fingerprint density at radius 3 is 2.67 bits per heavy atom. The number of alkyl halides is 1. The molecule has 4 amide bonds. The van der Waals surface area contributed by atoms with Crippen LogP contribution in [-0.2, 0) is 16.0 Å². The number of hydrogen-bond donors (Lipinski definition) is 2. The Morgan fingerprint density at radius 1 is 1.27 bits per heavy atom. The molecule has 2 aromatic rings. The molecule has 33 heavy (non-hydrogen) atoms. The van der Waals surface area contributed by atoms with Gasteiger partial charge >= 0.3 is 6.03 Å². The lowest BCUT2D eigenvalue weighted by Crippen LogP contribution is -2.54. The zero-order valence-electron chi connectivity index (χ0n) is 18.6. The number of hydrogen-bond acceptors (Lipinski definition) is 4. The minimum Gasteiger partial charge on any atom is -0.496 e. The SMILES string of the molecule is CCC[C@@H](NC(=O)N1CC(=O)NCC(F)(Cc2cc(Cl)ccc2OC)C1=O)c1ccccc1. The number of methoxy groups -OCH3 is 1. The van der Waals surface area contributed by atoms with Crippen LogP contribution in [0.5, 0.6) is 5.75 Å². The lowest BCUT2D eigenvalue weighted by Gasteiger charge is -2.29. The maximum absolute atomic E-state index is 16.1. The van der Waals surface area contributed by atoms with Gasteiger partial charge in [-0.3, -0.25) is 14.5 Å². The smallest absolute Gasteiger partial charge is 0.325 e. The van der Waals surface area contributed by atoms with Crippen LogP contribution in [0.15, 0.2) is 48.5 Å². The van der Waals surface area contributed by atoms with Gasteiger partial charge in [0, 0.05) is 11.4 Å². The van der Waals surface area contributed by atoms with Crippen molar-refractivity contribution < 1.29 is 23.5 Å². The molecule has 2 N–H and O–H groups in total. The summed E-state index contributed by atoms with van der Waals surface area (Å²) < 4.78 is 21.3. The molecule has 9 heteroatoms. The first-order valence-electron chi connectivity index (χ1n) is 10.7. The Kier molecular flexibility index (Phi) is 7.92. The first-order chi connectivity index (χ1) is 15.8. The minimum absolute atomic E-state index is 0.347. The maximum atomic E-state index is 16.1. The number of halogens is 2. The molecule has 0 saturated carbocycles. The Morgan fingerprint density at radius 2 is 2.00 bits per heavy atom. The molecule has 1 fully saturated rings. The monoisotopic (exact) mass is 475 g/mol. The van der Waals surface area contributed by atoms with E-state index in [2.05, 4.69) is 10.6 Å². The summed E-state index contributed by atoms with van der Waals surface area (Å²) in [6.07, 6.45) is 0.969. The molecule has 1 saturated heterocycles. The number of urea groups is 1. The third-order valence-corrected chi connectivity index (χ3v) is 5.77. The van der Waals surface area contributed by atoms with E-state index in [1.165, 1.54) is 13.2 Å². The number of carbonyl (C=O) groups excluding carboxylic acids is 3. The van der Waals surface area contributed by atoms with Crippen LogP contribution in [0.3, 0.4) is 0 Å². The normalized spacial score (nSPS) is 19.5. The minimum atomic E-state index is -2.56. The highest BCUT2D eigenvalue weighted by atomic mass is 35.5. The van der Waals surface area contributed by atoms with Gasteiger partial charge < -0.3 is 15.4 Å². The average Bonchev–Trinajstić information content (AvgIpc) is 2.91. The van der Waals surface area contributed by atoms with E-state index in [1.54, 1.807) is 12.1 Å². The predicted molar refractivity (Wildman–Crippen MR) is 123 cm³/mol. The number of carbonyl (C=O) groups is 3. The highest BCUT2D eigenvalue weighted by molar-refractivity contribution is 6.30. The number of benzene rings is 2. The van der Waals surface area contributed by atoms with Gasteiger partial charge in [-0.15, -0.1) is 0 Å². The summed E-state index contributed by atoms with van der Waals surface area (Å²) in [6, 6.07) is 12.7. The van der Waals surface area contributed by atoms with Gasteiger partial charge in [0.2, 0.25) is 11.6 Å². The van der Waals surface area contributed by atoms with Crippen molar-refractivity contribution in [3.05, 3.63) is 64.7 Å². The second kappa shape index (κ2) is 10.7. The van der Waals surface area contributed by atoms with Crippen molar-refractivity contribution in [1.29, 1.82) is 0 Å². The fourth-order valence-electron chi connectivity index (χ4n) is 3.84. The van der Waals surface area contributed by atoms with Gasteiger partial charge in [-0.2, -0.15) is 0 Å². The standard InChI is InChI=1S/C24H27ClFN3O4/c1-3-7-19(16-8-5-4-6-9-16)28-23(32)29-14-21(30)27-15-24(26,22(29)31)13-17-12-18(25)10-11-20(17)33-2/h4-6,8-12,19H,3,7,13-15H2,1-2H3,(H,27,30)(H,28,32)/t19-,24?/m1/s1. The molecule has 1 heterocycles. The molecule has 176 valence electrons.